The maximum atomic E-state index is 12.4. The molecule has 0 saturated carbocycles. The van der Waals surface area contributed by atoms with Gasteiger partial charge < -0.3 is 14.8 Å². The van der Waals surface area contributed by atoms with Crippen molar-refractivity contribution in [2.75, 3.05) is 12.4 Å². The van der Waals surface area contributed by atoms with E-state index in [-0.39, 0.29) is 5.91 Å². The number of amides is 1. The first-order valence-electron chi connectivity index (χ1n) is 7.75. The number of rotatable bonds is 6. The summed E-state index contributed by atoms with van der Waals surface area (Å²) < 4.78 is 10.3. The van der Waals surface area contributed by atoms with Crippen LogP contribution in [0.25, 0.3) is 0 Å². The third kappa shape index (κ3) is 4.46. The first-order valence-corrected chi connectivity index (χ1v) is 8.69. The highest BCUT2D eigenvalue weighted by Crippen LogP contribution is 2.17. The van der Waals surface area contributed by atoms with Crippen LogP contribution in [0.5, 0.6) is 5.75 Å². The van der Waals surface area contributed by atoms with Crippen molar-refractivity contribution < 1.29 is 19.1 Å². The van der Waals surface area contributed by atoms with E-state index in [1.54, 1.807) is 54.0 Å². The Hall–Kier alpha value is -3.19. The lowest BCUT2D eigenvalue weighted by molar-refractivity contribution is 0.0600. The molecule has 1 N–H and O–H groups in total. The summed E-state index contributed by atoms with van der Waals surface area (Å²) in [6.45, 7) is 0.351. The second-order valence-electron chi connectivity index (χ2n) is 5.32. The molecule has 0 radical (unpaired) electrons. The zero-order valence-corrected chi connectivity index (χ0v) is 14.8. The van der Waals surface area contributed by atoms with Crippen molar-refractivity contribution >= 4 is 28.9 Å². The van der Waals surface area contributed by atoms with Crippen LogP contribution in [0, 0.1) is 0 Å². The number of aromatic nitrogens is 1. The van der Waals surface area contributed by atoms with Gasteiger partial charge in [-0.25, -0.2) is 9.78 Å². The van der Waals surface area contributed by atoms with E-state index < -0.39 is 5.97 Å². The molecule has 132 valence electrons. The molecular formula is C19H16N2O4S. The summed E-state index contributed by atoms with van der Waals surface area (Å²) in [5.74, 6) is -0.102. The molecule has 7 heteroatoms. The Morgan fingerprint density at radius 2 is 1.92 bits per heavy atom. The number of hydrogen-bond donors (Lipinski definition) is 1. The maximum Gasteiger partial charge on any atom is 0.337 e. The molecule has 0 bridgehead atoms. The van der Waals surface area contributed by atoms with Gasteiger partial charge in [-0.05, 0) is 42.5 Å². The highest BCUT2D eigenvalue weighted by molar-refractivity contribution is 7.07. The van der Waals surface area contributed by atoms with Gasteiger partial charge in [0, 0.05) is 16.6 Å². The van der Waals surface area contributed by atoms with Gasteiger partial charge in [0.15, 0.2) is 0 Å². The van der Waals surface area contributed by atoms with Crippen molar-refractivity contribution in [2.45, 2.75) is 6.61 Å². The van der Waals surface area contributed by atoms with Crippen LogP contribution in [0.3, 0.4) is 0 Å². The molecule has 0 aliphatic heterocycles. The molecule has 0 fully saturated rings. The van der Waals surface area contributed by atoms with Crippen LogP contribution < -0.4 is 10.1 Å². The van der Waals surface area contributed by atoms with Gasteiger partial charge >= 0.3 is 5.97 Å². The Balaban J connectivity index is 1.64. The molecule has 0 atom stereocenters. The number of thiazole rings is 1. The second-order valence-corrected chi connectivity index (χ2v) is 6.04. The fraction of sp³-hybridized carbons (Fsp3) is 0.105. The van der Waals surface area contributed by atoms with E-state index in [1.165, 1.54) is 18.4 Å². The predicted molar refractivity (Wildman–Crippen MR) is 98.6 cm³/mol. The lowest BCUT2D eigenvalue weighted by Gasteiger charge is -2.08. The van der Waals surface area contributed by atoms with Gasteiger partial charge in [-0.1, -0.05) is 6.07 Å². The number of hydrogen-bond acceptors (Lipinski definition) is 6. The minimum absolute atomic E-state index is 0.269. The maximum absolute atomic E-state index is 12.4. The lowest BCUT2D eigenvalue weighted by atomic mass is 10.1. The van der Waals surface area contributed by atoms with Crippen molar-refractivity contribution in [1.29, 1.82) is 0 Å². The van der Waals surface area contributed by atoms with Crippen molar-refractivity contribution in [3.63, 3.8) is 0 Å². The second kappa shape index (κ2) is 8.26. The lowest BCUT2D eigenvalue weighted by Crippen LogP contribution is -2.12. The summed E-state index contributed by atoms with van der Waals surface area (Å²) in [6.07, 6.45) is 0. The predicted octanol–water partition coefficient (Wildman–Crippen LogP) is 3.76. The van der Waals surface area contributed by atoms with E-state index in [2.05, 4.69) is 15.0 Å². The SMILES string of the molecule is COC(=O)c1ccc(NC(=O)c2cccc(OCc3cscn3)c2)cc1. The Morgan fingerprint density at radius 3 is 2.62 bits per heavy atom. The largest absolute Gasteiger partial charge is 0.487 e. The van der Waals surface area contributed by atoms with E-state index in [4.69, 9.17) is 4.74 Å². The van der Waals surface area contributed by atoms with Crippen molar-refractivity contribution in [3.8, 4) is 5.75 Å². The number of nitrogens with one attached hydrogen (secondary N) is 1. The summed E-state index contributed by atoms with van der Waals surface area (Å²) in [5, 5.41) is 4.69. The third-order valence-corrected chi connectivity index (χ3v) is 4.17. The van der Waals surface area contributed by atoms with Crippen LogP contribution >= 0.6 is 11.3 Å². The summed E-state index contributed by atoms with van der Waals surface area (Å²) in [6, 6.07) is 13.4. The van der Waals surface area contributed by atoms with Gasteiger partial charge in [-0.2, -0.15) is 0 Å². The first-order chi connectivity index (χ1) is 12.7. The van der Waals surface area contributed by atoms with E-state index >= 15 is 0 Å². The van der Waals surface area contributed by atoms with Gasteiger partial charge in [-0.15, -0.1) is 11.3 Å². The standard InChI is InChI=1S/C19H16N2O4S/c1-24-19(23)13-5-7-15(8-6-13)21-18(22)14-3-2-4-17(9-14)25-10-16-11-26-12-20-16/h2-9,11-12H,10H2,1H3,(H,21,22). The molecule has 26 heavy (non-hydrogen) atoms. The molecule has 0 aliphatic carbocycles. The Labute approximate surface area is 154 Å². The molecule has 0 aliphatic rings. The number of methoxy groups -OCH3 is 1. The Morgan fingerprint density at radius 1 is 1.12 bits per heavy atom. The van der Waals surface area contributed by atoms with Crippen LogP contribution in [0.4, 0.5) is 5.69 Å². The van der Waals surface area contributed by atoms with E-state index in [0.29, 0.717) is 29.2 Å². The normalized spacial score (nSPS) is 10.2. The molecular weight excluding hydrogens is 352 g/mol. The van der Waals surface area contributed by atoms with Gasteiger partial charge in [0.25, 0.3) is 5.91 Å². The first kappa shape index (κ1) is 17.6. The summed E-state index contributed by atoms with van der Waals surface area (Å²) in [5.41, 5.74) is 4.06. The minimum atomic E-state index is -0.423. The smallest absolute Gasteiger partial charge is 0.337 e. The monoisotopic (exact) mass is 368 g/mol. The third-order valence-electron chi connectivity index (χ3n) is 3.53. The summed E-state index contributed by atoms with van der Waals surface area (Å²) in [7, 11) is 1.32. The number of ether oxygens (including phenoxy) is 2. The van der Waals surface area contributed by atoms with Crippen molar-refractivity contribution in [3.05, 3.63) is 76.2 Å². The zero-order valence-electron chi connectivity index (χ0n) is 14.0. The fourth-order valence-electron chi connectivity index (χ4n) is 2.20. The zero-order chi connectivity index (χ0) is 18.4. The number of esters is 1. The molecule has 1 aromatic heterocycles. The molecule has 2 aromatic carbocycles. The highest BCUT2D eigenvalue weighted by atomic mass is 32.1. The van der Waals surface area contributed by atoms with E-state index in [0.717, 1.165) is 5.69 Å². The Bertz CT molecular complexity index is 892. The van der Waals surface area contributed by atoms with Crippen LogP contribution in [0.2, 0.25) is 0 Å². The number of nitrogens with zero attached hydrogens (tertiary/aromatic N) is 1. The van der Waals surface area contributed by atoms with Crippen LogP contribution in [-0.4, -0.2) is 24.0 Å². The molecule has 3 aromatic rings. The minimum Gasteiger partial charge on any atom is -0.487 e. The van der Waals surface area contributed by atoms with Gasteiger partial charge in [0.2, 0.25) is 0 Å². The van der Waals surface area contributed by atoms with E-state index in [1.807, 2.05) is 5.38 Å². The summed E-state index contributed by atoms with van der Waals surface area (Å²) >= 11 is 1.50. The number of benzene rings is 2. The summed E-state index contributed by atoms with van der Waals surface area (Å²) in [4.78, 5) is 28.0. The van der Waals surface area contributed by atoms with Gasteiger partial charge in [0.1, 0.15) is 12.4 Å². The van der Waals surface area contributed by atoms with E-state index in [9.17, 15) is 9.59 Å². The Kier molecular flexibility index (Phi) is 5.60. The topological polar surface area (TPSA) is 77.5 Å². The highest BCUT2D eigenvalue weighted by Gasteiger charge is 2.09. The number of carbonyl (C=O) groups excluding carboxylic acids is 2. The van der Waals surface area contributed by atoms with Crippen molar-refractivity contribution in [1.82, 2.24) is 4.98 Å². The average molecular weight is 368 g/mol. The average Bonchev–Trinajstić information content (AvgIpc) is 3.20. The number of anilines is 1. The van der Waals surface area contributed by atoms with Crippen LogP contribution in [-0.2, 0) is 11.3 Å². The van der Waals surface area contributed by atoms with Crippen LogP contribution in [0.1, 0.15) is 26.4 Å². The fourth-order valence-corrected chi connectivity index (χ4v) is 2.75. The molecule has 0 saturated heterocycles. The van der Waals surface area contributed by atoms with Crippen LogP contribution in [0.15, 0.2) is 59.4 Å². The quantitative estimate of drug-likeness (QED) is 0.670. The molecule has 1 heterocycles. The van der Waals surface area contributed by atoms with Gasteiger partial charge in [0.05, 0.1) is 23.9 Å². The molecule has 6 nitrogen and oxygen atoms in total. The molecule has 0 spiro atoms. The molecule has 3 rings (SSSR count). The van der Waals surface area contributed by atoms with Crippen molar-refractivity contribution in [2.24, 2.45) is 0 Å². The molecule has 0 unspecified atom stereocenters. The number of carbonyl (C=O) groups is 2. The van der Waals surface area contributed by atoms with Gasteiger partial charge in [-0.3, -0.25) is 4.79 Å². The molecule has 1 amide bonds.